The lowest BCUT2D eigenvalue weighted by Crippen LogP contribution is -2.35. The van der Waals surface area contributed by atoms with Gasteiger partial charge < -0.3 is 0 Å². The van der Waals surface area contributed by atoms with Crippen molar-refractivity contribution in [3.05, 3.63) is 34.7 Å². The molecule has 0 atom stereocenters. The van der Waals surface area contributed by atoms with Crippen LogP contribution in [0, 0.1) is 0 Å². The van der Waals surface area contributed by atoms with Crippen LogP contribution in [0.4, 0.5) is 5.69 Å². The van der Waals surface area contributed by atoms with Crippen LogP contribution in [0.25, 0.3) is 5.03 Å². The van der Waals surface area contributed by atoms with Crippen molar-refractivity contribution in [2.45, 2.75) is 6.92 Å². The van der Waals surface area contributed by atoms with Gasteiger partial charge in [-0.2, -0.15) is 0 Å². The van der Waals surface area contributed by atoms with Gasteiger partial charge in [0.2, 0.25) is 0 Å². The van der Waals surface area contributed by atoms with Crippen LogP contribution in [0.15, 0.2) is 29.2 Å². The zero-order valence-electron chi connectivity index (χ0n) is 9.05. The zero-order valence-corrected chi connectivity index (χ0v) is 10.6. The van der Waals surface area contributed by atoms with Crippen molar-refractivity contribution in [1.82, 2.24) is 0 Å². The number of sulfonamides is 1. The summed E-state index contributed by atoms with van der Waals surface area (Å²) in [7, 11) is -3.81. The van der Waals surface area contributed by atoms with Gasteiger partial charge >= 0.3 is 0 Å². The quantitative estimate of drug-likeness (QED) is 0.773. The number of carbonyl (C=O) groups is 1. The van der Waals surface area contributed by atoms with Gasteiger partial charge in [-0.05, 0) is 13.0 Å². The summed E-state index contributed by atoms with van der Waals surface area (Å²) in [6, 6.07) is 6.83. The van der Waals surface area contributed by atoms with E-state index in [4.69, 9.17) is 11.6 Å². The van der Waals surface area contributed by atoms with Gasteiger partial charge in [-0.1, -0.05) is 29.8 Å². The summed E-state index contributed by atoms with van der Waals surface area (Å²) in [6.07, 6.45) is 0.288. The van der Waals surface area contributed by atoms with Gasteiger partial charge in [0.25, 0.3) is 10.0 Å². The first-order valence-corrected chi connectivity index (χ1v) is 6.83. The summed E-state index contributed by atoms with van der Waals surface area (Å²) >= 11 is 5.96. The van der Waals surface area contributed by atoms with Crippen LogP contribution in [0.5, 0.6) is 0 Å². The molecule has 0 aliphatic carbocycles. The molecule has 0 radical (unpaired) electrons. The fourth-order valence-corrected chi connectivity index (χ4v) is 3.77. The molecule has 6 heteroatoms. The second-order valence-corrected chi connectivity index (χ2v) is 5.69. The number of carbonyl (C=O) groups excluding carboxylic acids is 1. The van der Waals surface area contributed by atoms with E-state index in [1.807, 2.05) is 0 Å². The van der Waals surface area contributed by atoms with Gasteiger partial charge in [0.1, 0.15) is 4.91 Å². The molecule has 17 heavy (non-hydrogen) atoms. The summed E-state index contributed by atoms with van der Waals surface area (Å²) in [5.41, 5.74) is 1.07. The SMILES string of the molecule is CCN1c2ccccc2C(Cl)=C(C=O)S1(=O)=O. The maximum Gasteiger partial charge on any atom is 0.269 e. The van der Waals surface area contributed by atoms with Crippen molar-refractivity contribution in [3.63, 3.8) is 0 Å². The Morgan fingerprint density at radius 1 is 1.35 bits per heavy atom. The van der Waals surface area contributed by atoms with Gasteiger partial charge in [0.05, 0.1) is 10.7 Å². The fraction of sp³-hybridized carbons (Fsp3) is 0.182. The third-order valence-corrected chi connectivity index (χ3v) is 5.00. The smallest absolute Gasteiger partial charge is 0.269 e. The van der Waals surface area contributed by atoms with Gasteiger partial charge in [-0.15, -0.1) is 0 Å². The van der Waals surface area contributed by atoms with Gasteiger partial charge in [0.15, 0.2) is 6.29 Å². The van der Waals surface area contributed by atoms with Crippen LogP contribution in [0.2, 0.25) is 0 Å². The third kappa shape index (κ3) is 1.66. The van der Waals surface area contributed by atoms with E-state index in [2.05, 4.69) is 0 Å². The molecule has 0 amide bonds. The highest BCUT2D eigenvalue weighted by Gasteiger charge is 2.35. The first-order chi connectivity index (χ1) is 8.04. The molecule has 1 aliphatic heterocycles. The topological polar surface area (TPSA) is 54.5 Å². The van der Waals surface area contributed by atoms with Crippen molar-refractivity contribution >= 4 is 38.6 Å². The third-order valence-electron chi connectivity index (χ3n) is 2.59. The average Bonchev–Trinajstić information content (AvgIpc) is 2.29. The monoisotopic (exact) mass is 271 g/mol. The van der Waals surface area contributed by atoms with E-state index < -0.39 is 10.0 Å². The number of hydrogen-bond acceptors (Lipinski definition) is 3. The molecule has 90 valence electrons. The Morgan fingerprint density at radius 3 is 2.59 bits per heavy atom. The molecule has 4 nitrogen and oxygen atoms in total. The summed E-state index contributed by atoms with van der Waals surface area (Å²) in [6.45, 7) is 1.96. The van der Waals surface area contributed by atoms with Crippen LogP contribution in [0.1, 0.15) is 12.5 Å². The Bertz CT molecular complexity index is 607. The molecule has 1 heterocycles. The highest BCUT2D eigenvalue weighted by Crippen LogP contribution is 2.40. The molecule has 2 rings (SSSR count). The highest BCUT2D eigenvalue weighted by molar-refractivity contribution is 7.97. The van der Waals surface area contributed by atoms with Gasteiger partial charge in [0, 0.05) is 12.1 Å². The molecular formula is C11H10ClNO3S. The van der Waals surface area contributed by atoms with Gasteiger partial charge in [-0.3, -0.25) is 9.10 Å². The average molecular weight is 272 g/mol. The van der Waals surface area contributed by atoms with E-state index in [-0.39, 0.29) is 22.8 Å². The minimum atomic E-state index is -3.81. The molecule has 0 fully saturated rings. The van der Waals surface area contributed by atoms with Crippen molar-refractivity contribution in [2.75, 3.05) is 10.8 Å². The number of halogens is 1. The second kappa shape index (κ2) is 4.16. The lowest BCUT2D eigenvalue weighted by atomic mass is 10.1. The Morgan fingerprint density at radius 2 is 2.00 bits per heavy atom. The molecule has 0 N–H and O–H groups in total. The number of aldehydes is 1. The number of hydrogen-bond donors (Lipinski definition) is 0. The van der Waals surface area contributed by atoms with E-state index in [9.17, 15) is 13.2 Å². The first-order valence-electron chi connectivity index (χ1n) is 5.01. The molecule has 0 spiro atoms. The molecule has 0 bridgehead atoms. The minimum absolute atomic E-state index is 0.0136. The molecule has 0 aromatic heterocycles. The Hall–Kier alpha value is -1.33. The zero-order chi connectivity index (χ0) is 12.6. The van der Waals surface area contributed by atoms with Crippen molar-refractivity contribution in [2.24, 2.45) is 0 Å². The van der Waals surface area contributed by atoms with E-state index >= 15 is 0 Å². The summed E-state index contributed by atoms with van der Waals surface area (Å²) in [4.78, 5) is 10.5. The molecule has 0 unspecified atom stereocenters. The molecule has 1 aliphatic rings. The van der Waals surface area contributed by atoms with Gasteiger partial charge in [-0.25, -0.2) is 8.42 Å². The highest BCUT2D eigenvalue weighted by atomic mass is 35.5. The normalized spacial score (nSPS) is 17.9. The number of allylic oxidation sites excluding steroid dienone is 1. The standard InChI is InChI=1S/C11H10ClNO3S/c1-2-13-9-6-4-3-5-8(9)11(12)10(7-14)17(13,15)16/h3-7H,2H2,1H3. The predicted molar refractivity (Wildman–Crippen MR) is 67.2 cm³/mol. The van der Waals surface area contributed by atoms with E-state index in [0.29, 0.717) is 11.3 Å². The number of rotatable bonds is 2. The summed E-state index contributed by atoms with van der Waals surface area (Å²) < 4.78 is 25.4. The predicted octanol–water partition coefficient (Wildman–Crippen LogP) is 1.96. The summed E-state index contributed by atoms with van der Waals surface area (Å²) in [5, 5.41) is -0.0136. The largest absolute Gasteiger partial charge is 0.297 e. The Kier molecular flexibility index (Phi) is 2.97. The Balaban J connectivity index is 2.84. The van der Waals surface area contributed by atoms with Crippen molar-refractivity contribution in [3.8, 4) is 0 Å². The van der Waals surface area contributed by atoms with Crippen LogP contribution in [-0.4, -0.2) is 21.2 Å². The van der Waals surface area contributed by atoms with E-state index in [0.717, 1.165) is 0 Å². The Labute approximate surface area is 105 Å². The van der Waals surface area contributed by atoms with Crippen molar-refractivity contribution < 1.29 is 13.2 Å². The lowest BCUT2D eigenvalue weighted by Gasteiger charge is -2.29. The van der Waals surface area contributed by atoms with Crippen molar-refractivity contribution in [1.29, 1.82) is 0 Å². The number of nitrogens with zero attached hydrogens (tertiary/aromatic N) is 1. The summed E-state index contributed by atoms with van der Waals surface area (Å²) in [5.74, 6) is 0. The number of anilines is 1. The second-order valence-electron chi connectivity index (χ2n) is 3.48. The number of benzene rings is 1. The minimum Gasteiger partial charge on any atom is -0.297 e. The maximum absolute atomic E-state index is 12.1. The van der Waals surface area contributed by atoms with Crippen LogP contribution in [0.3, 0.4) is 0 Å². The molecule has 1 aromatic rings. The first kappa shape index (κ1) is 12.1. The fourth-order valence-electron chi connectivity index (χ4n) is 1.82. The van der Waals surface area contributed by atoms with Crippen LogP contribution >= 0.6 is 11.6 Å². The lowest BCUT2D eigenvalue weighted by molar-refractivity contribution is -0.104. The van der Waals surface area contributed by atoms with E-state index in [1.165, 1.54) is 4.31 Å². The van der Waals surface area contributed by atoms with Crippen LogP contribution < -0.4 is 4.31 Å². The van der Waals surface area contributed by atoms with E-state index in [1.54, 1.807) is 31.2 Å². The number of fused-ring (bicyclic) bond motifs is 1. The maximum atomic E-state index is 12.1. The van der Waals surface area contributed by atoms with Crippen LogP contribution in [-0.2, 0) is 14.8 Å². The molecule has 1 aromatic carbocycles. The molecule has 0 saturated heterocycles. The molecule has 0 saturated carbocycles. The molecular weight excluding hydrogens is 262 g/mol. The number of para-hydroxylation sites is 1.